The van der Waals surface area contributed by atoms with Gasteiger partial charge in [-0.1, -0.05) is 23.7 Å². The molecule has 1 N–H and O–H groups in total. The van der Waals surface area contributed by atoms with E-state index in [1.54, 1.807) is 0 Å². The standard InChI is InChI=1S/C13H18ClNO/c1-10-8-15-13(9-16-10)7-4-11-2-5-12(14)6-3-11/h2-3,5-6,10,13,15H,4,7-9H2,1H3. The number of hydrogen-bond acceptors (Lipinski definition) is 2. The highest BCUT2D eigenvalue weighted by Crippen LogP contribution is 2.13. The fourth-order valence-corrected chi connectivity index (χ4v) is 2.03. The zero-order chi connectivity index (χ0) is 11.4. The van der Waals surface area contributed by atoms with E-state index in [0.717, 1.165) is 31.0 Å². The Morgan fingerprint density at radius 3 is 2.75 bits per heavy atom. The normalized spacial score (nSPS) is 25.6. The van der Waals surface area contributed by atoms with Crippen LogP contribution in [0.25, 0.3) is 0 Å². The lowest BCUT2D eigenvalue weighted by atomic mass is 10.0. The molecule has 1 saturated heterocycles. The fraction of sp³-hybridized carbons (Fsp3) is 0.538. The van der Waals surface area contributed by atoms with Crippen LogP contribution >= 0.6 is 11.6 Å². The minimum atomic E-state index is 0.354. The molecule has 1 aromatic carbocycles. The second-order valence-electron chi connectivity index (χ2n) is 4.41. The number of nitrogens with one attached hydrogen (secondary N) is 1. The van der Waals surface area contributed by atoms with E-state index in [1.807, 2.05) is 12.1 Å². The first kappa shape index (κ1) is 11.9. The maximum atomic E-state index is 5.84. The number of aryl methyl sites for hydroxylation is 1. The molecule has 1 fully saturated rings. The molecule has 0 spiro atoms. The predicted octanol–water partition coefficient (Wildman–Crippen LogP) is 2.65. The van der Waals surface area contributed by atoms with Gasteiger partial charge in [0.15, 0.2) is 0 Å². The summed E-state index contributed by atoms with van der Waals surface area (Å²) in [6.07, 6.45) is 2.55. The molecule has 2 unspecified atom stereocenters. The Bertz CT molecular complexity index is 317. The van der Waals surface area contributed by atoms with Gasteiger partial charge in [0.1, 0.15) is 0 Å². The molecule has 88 valence electrons. The van der Waals surface area contributed by atoms with E-state index in [9.17, 15) is 0 Å². The third kappa shape index (κ3) is 3.48. The van der Waals surface area contributed by atoms with Gasteiger partial charge in [0, 0.05) is 17.6 Å². The van der Waals surface area contributed by atoms with Crippen molar-refractivity contribution in [2.45, 2.75) is 31.9 Å². The Hall–Kier alpha value is -0.570. The summed E-state index contributed by atoms with van der Waals surface area (Å²) in [7, 11) is 0. The lowest BCUT2D eigenvalue weighted by Gasteiger charge is -2.28. The summed E-state index contributed by atoms with van der Waals surface area (Å²) in [5.41, 5.74) is 1.34. The molecule has 2 atom stereocenters. The van der Waals surface area contributed by atoms with Gasteiger partial charge in [0.05, 0.1) is 12.7 Å². The van der Waals surface area contributed by atoms with Gasteiger partial charge in [0.25, 0.3) is 0 Å². The van der Waals surface area contributed by atoms with Gasteiger partial charge < -0.3 is 10.1 Å². The van der Waals surface area contributed by atoms with Gasteiger partial charge in [-0.05, 0) is 37.5 Å². The minimum Gasteiger partial charge on any atom is -0.376 e. The van der Waals surface area contributed by atoms with Gasteiger partial charge in [-0.2, -0.15) is 0 Å². The van der Waals surface area contributed by atoms with Crippen molar-refractivity contribution < 1.29 is 4.74 Å². The first-order valence-corrected chi connectivity index (χ1v) is 6.21. The van der Waals surface area contributed by atoms with Crippen molar-refractivity contribution in [1.82, 2.24) is 5.32 Å². The summed E-state index contributed by atoms with van der Waals surface area (Å²) in [5.74, 6) is 0. The number of ether oxygens (including phenoxy) is 1. The lowest BCUT2D eigenvalue weighted by Crippen LogP contribution is -2.45. The number of halogens is 1. The average Bonchev–Trinajstić information content (AvgIpc) is 2.30. The van der Waals surface area contributed by atoms with Crippen LogP contribution in [0.1, 0.15) is 18.9 Å². The molecule has 0 amide bonds. The fourth-order valence-electron chi connectivity index (χ4n) is 1.91. The summed E-state index contributed by atoms with van der Waals surface area (Å²) in [6, 6.07) is 8.57. The molecule has 2 nitrogen and oxygen atoms in total. The molecule has 1 aromatic rings. The highest BCUT2D eigenvalue weighted by Gasteiger charge is 2.17. The average molecular weight is 240 g/mol. The second-order valence-corrected chi connectivity index (χ2v) is 4.85. The summed E-state index contributed by atoms with van der Waals surface area (Å²) < 4.78 is 5.61. The maximum Gasteiger partial charge on any atom is 0.0672 e. The van der Waals surface area contributed by atoms with E-state index in [4.69, 9.17) is 16.3 Å². The van der Waals surface area contributed by atoms with E-state index in [0.29, 0.717) is 12.1 Å². The predicted molar refractivity (Wildman–Crippen MR) is 67.0 cm³/mol. The van der Waals surface area contributed by atoms with Gasteiger partial charge in [-0.15, -0.1) is 0 Å². The summed E-state index contributed by atoms with van der Waals surface area (Å²) in [5, 5.41) is 4.30. The second kappa shape index (κ2) is 5.67. The van der Waals surface area contributed by atoms with Crippen molar-refractivity contribution in [3.63, 3.8) is 0 Å². The van der Waals surface area contributed by atoms with E-state index in [1.165, 1.54) is 5.56 Å². The van der Waals surface area contributed by atoms with Gasteiger partial charge in [-0.3, -0.25) is 0 Å². The molecule has 3 heteroatoms. The third-order valence-corrected chi connectivity index (χ3v) is 3.22. The van der Waals surface area contributed by atoms with Crippen LogP contribution in [0.15, 0.2) is 24.3 Å². The molecule has 1 heterocycles. The Morgan fingerprint density at radius 1 is 1.38 bits per heavy atom. The molecule has 0 bridgehead atoms. The number of rotatable bonds is 3. The van der Waals surface area contributed by atoms with Crippen molar-refractivity contribution in [3.8, 4) is 0 Å². The van der Waals surface area contributed by atoms with Crippen molar-refractivity contribution in [3.05, 3.63) is 34.9 Å². The van der Waals surface area contributed by atoms with Crippen LogP contribution in [0.2, 0.25) is 5.02 Å². The van der Waals surface area contributed by atoms with Gasteiger partial charge >= 0.3 is 0 Å². The zero-order valence-electron chi connectivity index (χ0n) is 9.58. The molecule has 2 rings (SSSR count). The molecular weight excluding hydrogens is 222 g/mol. The maximum absolute atomic E-state index is 5.84. The smallest absolute Gasteiger partial charge is 0.0672 e. The number of benzene rings is 1. The summed E-state index contributed by atoms with van der Waals surface area (Å²) in [4.78, 5) is 0. The van der Waals surface area contributed by atoms with Crippen LogP contribution in [0.4, 0.5) is 0 Å². The molecule has 0 aliphatic carbocycles. The zero-order valence-corrected chi connectivity index (χ0v) is 10.3. The first-order valence-electron chi connectivity index (χ1n) is 5.83. The quantitative estimate of drug-likeness (QED) is 0.876. The molecule has 16 heavy (non-hydrogen) atoms. The third-order valence-electron chi connectivity index (χ3n) is 2.97. The molecule has 0 saturated carbocycles. The first-order chi connectivity index (χ1) is 7.74. The topological polar surface area (TPSA) is 21.3 Å². The lowest BCUT2D eigenvalue weighted by molar-refractivity contribution is 0.0136. The van der Waals surface area contributed by atoms with Crippen molar-refractivity contribution >= 4 is 11.6 Å². The summed E-state index contributed by atoms with van der Waals surface area (Å²) in [6.45, 7) is 3.89. The Balaban J connectivity index is 1.77. The monoisotopic (exact) mass is 239 g/mol. The van der Waals surface area contributed by atoms with E-state index in [-0.39, 0.29) is 0 Å². The minimum absolute atomic E-state index is 0.354. The van der Waals surface area contributed by atoms with Crippen molar-refractivity contribution in [1.29, 1.82) is 0 Å². The molecule has 1 aliphatic heterocycles. The van der Waals surface area contributed by atoms with Crippen LogP contribution in [-0.2, 0) is 11.2 Å². The van der Waals surface area contributed by atoms with Crippen LogP contribution < -0.4 is 5.32 Å². The Morgan fingerprint density at radius 2 is 2.12 bits per heavy atom. The number of morpholine rings is 1. The molecule has 0 aromatic heterocycles. The van der Waals surface area contributed by atoms with Crippen LogP contribution in [0.3, 0.4) is 0 Å². The van der Waals surface area contributed by atoms with E-state index < -0.39 is 0 Å². The molecule has 0 radical (unpaired) electrons. The van der Waals surface area contributed by atoms with Crippen molar-refractivity contribution in [2.24, 2.45) is 0 Å². The van der Waals surface area contributed by atoms with E-state index >= 15 is 0 Å². The van der Waals surface area contributed by atoms with Gasteiger partial charge in [-0.25, -0.2) is 0 Å². The largest absolute Gasteiger partial charge is 0.376 e. The van der Waals surface area contributed by atoms with Gasteiger partial charge in [0.2, 0.25) is 0 Å². The SMILES string of the molecule is CC1CNC(CCc2ccc(Cl)cc2)CO1. The van der Waals surface area contributed by atoms with Crippen LogP contribution in [0.5, 0.6) is 0 Å². The highest BCUT2D eigenvalue weighted by molar-refractivity contribution is 6.30. The van der Waals surface area contributed by atoms with Crippen LogP contribution in [-0.4, -0.2) is 25.3 Å². The van der Waals surface area contributed by atoms with E-state index in [2.05, 4.69) is 24.4 Å². The molecule has 1 aliphatic rings. The van der Waals surface area contributed by atoms with Crippen LogP contribution in [0, 0.1) is 0 Å². The highest BCUT2D eigenvalue weighted by atomic mass is 35.5. The molecular formula is C13H18ClNO. The van der Waals surface area contributed by atoms with Crippen molar-refractivity contribution in [2.75, 3.05) is 13.2 Å². The summed E-state index contributed by atoms with van der Waals surface area (Å²) >= 11 is 5.84. The number of hydrogen-bond donors (Lipinski definition) is 1. The Kier molecular flexibility index (Phi) is 4.22. The Labute approximate surface area is 102 Å².